The molecule has 0 aliphatic carbocycles. The summed E-state index contributed by atoms with van der Waals surface area (Å²) in [6.07, 6.45) is 4.52. The van der Waals surface area contributed by atoms with E-state index in [1.165, 1.54) is 23.5 Å². The predicted octanol–water partition coefficient (Wildman–Crippen LogP) is 2.02. The lowest BCUT2D eigenvalue weighted by Crippen LogP contribution is -2.37. The topological polar surface area (TPSA) is 34.1 Å². The van der Waals surface area contributed by atoms with E-state index >= 15 is 0 Å². The molecule has 1 aliphatic rings. The third kappa shape index (κ3) is 3.54. The molecule has 2 rings (SSSR count). The molecule has 0 radical (unpaired) electrons. The molecule has 90 valence electrons. The molecule has 1 aromatic heterocycles. The van der Waals surface area contributed by atoms with Gasteiger partial charge in [0.25, 0.3) is 0 Å². The Labute approximate surface area is 101 Å². The zero-order valence-corrected chi connectivity index (χ0v) is 10.7. The number of aryl methyl sites for hydroxylation is 1. The van der Waals surface area contributed by atoms with E-state index in [0.29, 0.717) is 6.04 Å². The van der Waals surface area contributed by atoms with Crippen molar-refractivity contribution < 1.29 is 4.74 Å². The number of thiazole rings is 1. The summed E-state index contributed by atoms with van der Waals surface area (Å²) in [6, 6.07) is 0.555. The summed E-state index contributed by atoms with van der Waals surface area (Å²) in [5, 5.41) is 6.96. The highest BCUT2D eigenvalue weighted by Gasteiger charge is 2.12. The van der Waals surface area contributed by atoms with Gasteiger partial charge in [0, 0.05) is 31.0 Å². The smallest absolute Gasteiger partial charge is 0.0940 e. The fourth-order valence-corrected chi connectivity index (χ4v) is 2.79. The molecular formula is C12H20N2OS. The maximum atomic E-state index is 5.43. The van der Waals surface area contributed by atoms with Crippen LogP contribution in [0.3, 0.4) is 0 Å². The van der Waals surface area contributed by atoms with E-state index in [0.717, 1.165) is 32.6 Å². The molecule has 2 heterocycles. The van der Waals surface area contributed by atoms with Gasteiger partial charge in [0.05, 0.1) is 17.3 Å². The van der Waals surface area contributed by atoms with Crippen LogP contribution in [-0.2, 0) is 17.6 Å². The fourth-order valence-electron chi connectivity index (χ4n) is 1.91. The van der Waals surface area contributed by atoms with Crippen molar-refractivity contribution in [1.29, 1.82) is 0 Å². The molecule has 0 spiro atoms. The van der Waals surface area contributed by atoms with Crippen LogP contribution in [0.1, 0.15) is 30.5 Å². The number of hydrogen-bond donors (Lipinski definition) is 1. The lowest BCUT2D eigenvalue weighted by atomic mass is 10.1. The van der Waals surface area contributed by atoms with E-state index in [4.69, 9.17) is 4.74 Å². The van der Waals surface area contributed by atoms with Gasteiger partial charge in [-0.05, 0) is 19.3 Å². The SMILES string of the molecule is CCc1csc(CCNC2CCCOC2)n1. The minimum absolute atomic E-state index is 0.555. The van der Waals surface area contributed by atoms with Crippen LogP contribution in [0, 0.1) is 0 Å². The monoisotopic (exact) mass is 240 g/mol. The van der Waals surface area contributed by atoms with Crippen LogP contribution < -0.4 is 5.32 Å². The van der Waals surface area contributed by atoms with Gasteiger partial charge in [-0.3, -0.25) is 0 Å². The van der Waals surface area contributed by atoms with Crippen molar-refractivity contribution in [2.75, 3.05) is 19.8 Å². The van der Waals surface area contributed by atoms with Crippen molar-refractivity contribution in [3.05, 3.63) is 16.1 Å². The van der Waals surface area contributed by atoms with Crippen LogP contribution in [-0.4, -0.2) is 30.8 Å². The molecule has 16 heavy (non-hydrogen) atoms. The van der Waals surface area contributed by atoms with E-state index in [2.05, 4.69) is 22.6 Å². The first-order valence-corrected chi connectivity index (χ1v) is 7.01. The standard InChI is InChI=1S/C12H20N2OS/c1-2-10-9-16-12(14-10)5-6-13-11-4-3-7-15-8-11/h9,11,13H,2-8H2,1H3. The van der Waals surface area contributed by atoms with Crippen molar-refractivity contribution in [1.82, 2.24) is 10.3 Å². The zero-order chi connectivity index (χ0) is 11.2. The van der Waals surface area contributed by atoms with Gasteiger partial charge in [0.15, 0.2) is 0 Å². The second-order valence-corrected chi connectivity index (χ2v) is 5.15. The molecule has 0 amide bonds. The Morgan fingerprint density at radius 1 is 1.62 bits per heavy atom. The van der Waals surface area contributed by atoms with Gasteiger partial charge < -0.3 is 10.1 Å². The van der Waals surface area contributed by atoms with Crippen molar-refractivity contribution in [2.24, 2.45) is 0 Å². The van der Waals surface area contributed by atoms with E-state index in [9.17, 15) is 0 Å². The van der Waals surface area contributed by atoms with Gasteiger partial charge in [-0.2, -0.15) is 0 Å². The summed E-state index contributed by atoms with van der Waals surface area (Å²) < 4.78 is 5.43. The number of aromatic nitrogens is 1. The highest BCUT2D eigenvalue weighted by molar-refractivity contribution is 7.09. The lowest BCUT2D eigenvalue weighted by Gasteiger charge is -2.22. The fraction of sp³-hybridized carbons (Fsp3) is 0.750. The maximum Gasteiger partial charge on any atom is 0.0940 e. The Kier molecular flexibility index (Phi) is 4.75. The molecule has 1 atom stereocenters. The minimum Gasteiger partial charge on any atom is -0.380 e. The number of nitrogens with one attached hydrogen (secondary N) is 1. The Morgan fingerprint density at radius 3 is 3.25 bits per heavy atom. The third-order valence-electron chi connectivity index (χ3n) is 2.89. The average Bonchev–Trinajstić information content (AvgIpc) is 2.78. The Hall–Kier alpha value is -0.450. The molecule has 4 heteroatoms. The van der Waals surface area contributed by atoms with E-state index < -0.39 is 0 Å². The second kappa shape index (κ2) is 6.33. The quantitative estimate of drug-likeness (QED) is 0.855. The first-order chi connectivity index (χ1) is 7.88. The summed E-state index contributed by atoms with van der Waals surface area (Å²) >= 11 is 1.78. The maximum absolute atomic E-state index is 5.43. The van der Waals surface area contributed by atoms with Crippen LogP contribution in [0.15, 0.2) is 5.38 Å². The summed E-state index contributed by atoms with van der Waals surface area (Å²) in [7, 11) is 0. The van der Waals surface area contributed by atoms with Crippen molar-refractivity contribution in [3.63, 3.8) is 0 Å². The second-order valence-electron chi connectivity index (χ2n) is 4.20. The zero-order valence-electron chi connectivity index (χ0n) is 9.87. The molecule has 3 nitrogen and oxygen atoms in total. The molecule has 1 unspecified atom stereocenters. The lowest BCUT2D eigenvalue weighted by molar-refractivity contribution is 0.0707. The normalized spacial score (nSPS) is 21.2. The third-order valence-corrected chi connectivity index (χ3v) is 3.85. The molecule has 1 aromatic rings. The predicted molar refractivity (Wildman–Crippen MR) is 67.0 cm³/mol. The molecule has 0 aromatic carbocycles. The van der Waals surface area contributed by atoms with Gasteiger partial charge in [0.1, 0.15) is 0 Å². The van der Waals surface area contributed by atoms with Gasteiger partial charge in [0.2, 0.25) is 0 Å². The van der Waals surface area contributed by atoms with Crippen molar-refractivity contribution >= 4 is 11.3 Å². The highest BCUT2D eigenvalue weighted by Crippen LogP contribution is 2.11. The van der Waals surface area contributed by atoms with Crippen molar-refractivity contribution in [3.8, 4) is 0 Å². The molecule has 1 fully saturated rings. The van der Waals surface area contributed by atoms with Crippen LogP contribution in [0.25, 0.3) is 0 Å². The largest absolute Gasteiger partial charge is 0.380 e. The highest BCUT2D eigenvalue weighted by atomic mass is 32.1. The molecular weight excluding hydrogens is 220 g/mol. The van der Waals surface area contributed by atoms with Crippen LogP contribution in [0.4, 0.5) is 0 Å². The first-order valence-electron chi connectivity index (χ1n) is 6.13. The summed E-state index contributed by atoms with van der Waals surface area (Å²) in [6.45, 7) is 4.98. The molecule has 0 saturated carbocycles. The van der Waals surface area contributed by atoms with Gasteiger partial charge in [-0.15, -0.1) is 11.3 Å². The van der Waals surface area contributed by atoms with Crippen LogP contribution >= 0.6 is 11.3 Å². The number of nitrogens with zero attached hydrogens (tertiary/aromatic N) is 1. The Balaban J connectivity index is 1.66. The summed E-state index contributed by atoms with van der Waals surface area (Å²) in [5.74, 6) is 0. The molecule has 1 saturated heterocycles. The van der Waals surface area contributed by atoms with Gasteiger partial charge >= 0.3 is 0 Å². The number of hydrogen-bond acceptors (Lipinski definition) is 4. The van der Waals surface area contributed by atoms with Gasteiger partial charge in [-0.25, -0.2) is 4.98 Å². The molecule has 0 bridgehead atoms. The van der Waals surface area contributed by atoms with E-state index in [1.807, 2.05) is 0 Å². The van der Waals surface area contributed by atoms with Crippen molar-refractivity contribution in [2.45, 2.75) is 38.6 Å². The minimum atomic E-state index is 0.555. The van der Waals surface area contributed by atoms with Crippen LogP contribution in [0.5, 0.6) is 0 Å². The van der Waals surface area contributed by atoms with E-state index in [1.54, 1.807) is 11.3 Å². The molecule has 1 aliphatic heterocycles. The average molecular weight is 240 g/mol. The number of ether oxygens (including phenoxy) is 1. The van der Waals surface area contributed by atoms with Gasteiger partial charge in [-0.1, -0.05) is 6.92 Å². The summed E-state index contributed by atoms with van der Waals surface area (Å²) in [4.78, 5) is 4.56. The Bertz CT molecular complexity index is 308. The first kappa shape index (κ1) is 12.0. The molecule has 1 N–H and O–H groups in total. The summed E-state index contributed by atoms with van der Waals surface area (Å²) in [5.41, 5.74) is 1.22. The van der Waals surface area contributed by atoms with E-state index in [-0.39, 0.29) is 0 Å². The van der Waals surface area contributed by atoms with Crippen LogP contribution in [0.2, 0.25) is 0 Å². The Morgan fingerprint density at radius 2 is 2.56 bits per heavy atom. The number of rotatable bonds is 5.